The maximum absolute atomic E-state index is 11.9. The Morgan fingerprint density at radius 2 is 2.29 bits per heavy atom. The van der Waals surface area contributed by atoms with Gasteiger partial charge >= 0.3 is 17.6 Å². The zero-order valence-electron chi connectivity index (χ0n) is 11.0. The van der Waals surface area contributed by atoms with E-state index in [0.29, 0.717) is 4.57 Å². The minimum absolute atomic E-state index is 0.0824. The average Bonchev–Trinajstić information content (AvgIpc) is 2.63. The summed E-state index contributed by atoms with van der Waals surface area (Å²) in [5.74, 6) is -3.28. The third-order valence-electron chi connectivity index (χ3n) is 3.03. The Labute approximate surface area is 118 Å². The molecule has 2 heterocycles. The predicted molar refractivity (Wildman–Crippen MR) is 66.6 cm³/mol. The Morgan fingerprint density at radius 3 is 2.76 bits per heavy atom. The molecular formula is C11H15N3O7. The molecule has 0 aliphatic carbocycles. The number of carbonyl (C=O) groups is 1. The molecular weight excluding hydrogens is 286 g/mol. The van der Waals surface area contributed by atoms with E-state index in [2.05, 4.69) is 4.98 Å². The smallest absolute Gasteiger partial charge is 0.354 e. The maximum atomic E-state index is 11.9. The zero-order valence-corrected chi connectivity index (χ0v) is 11.0. The molecule has 10 nitrogen and oxygen atoms in total. The van der Waals surface area contributed by atoms with Crippen molar-refractivity contribution in [3.05, 3.63) is 22.7 Å². The van der Waals surface area contributed by atoms with Gasteiger partial charge in [-0.15, -0.1) is 0 Å². The normalized spacial score (nSPS) is 32.1. The van der Waals surface area contributed by atoms with Crippen LogP contribution in [0.1, 0.15) is 6.92 Å². The van der Waals surface area contributed by atoms with Crippen molar-refractivity contribution in [1.29, 1.82) is 0 Å². The van der Waals surface area contributed by atoms with Crippen LogP contribution < -0.4 is 11.4 Å². The number of aliphatic hydroxyl groups is 3. The van der Waals surface area contributed by atoms with Gasteiger partial charge in [0.25, 0.3) is 0 Å². The zero-order chi connectivity index (χ0) is 15.8. The molecule has 0 radical (unpaired) electrons. The molecule has 21 heavy (non-hydrogen) atoms. The molecule has 1 fully saturated rings. The number of ether oxygens (including phenoxy) is 2. The fourth-order valence-corrected chi connectivity index (χ4v) is 2.11. The lowest BCUT2D eigenvalue weighted by molar-refractivity contribution is -0.300. The van der Waals surface area contributed by atoms with E-state index in [9.17, 15) is 19.8 Å². The fourth-order valence-electron chi connectivity index (χ4n) is 2.11. The third-order valence-corrected chi connectivity index (χ3v) is 3.03. The molecule has 0 aromatic carbocycles. The van der Waals surface area contributed by atoms with Crippen molar-refractivity contribution in [2.24, 2.45) is 0 Å². The number of nitrogen functional groups attached to an aromatic ring is 1. The fraction of sp³-hybridized carbons (Fsp3) is 0.545. The highest BCUT2D eigenvalue weighted by Crippen LogP contribution is 2.36. The monoisotopic (exact) mass is 301 g/mol. The molecule has 0 bridgehead atoms. The van der Waals surface area contributed by atoms with E-state index in [-0.39, 0.29) is 5.82 Å². The van der Waals surface area contributed by atoms with Gasteiger partial charge in [0.05, 0.1) is 6.61 Å². The summed E-state index contributed by atoms with van der Waals surface area (Å²) in [5, 5.41) is 29.1. The summed E-state index contributed by atoms with van der Waals surface area (Å²) in [6.45, 7) is 0.380. The molecule has 10 heteroatoms. The first-order valence-electron chi connectivity index (χ1n) is 6.02. The Hall–Kier alpha value is -2.01. The van der Waals surface area contributed by atoms with E-state index in [1.54, 1.807) is 0 Å². The molecule has 1 saturated heterocycles. The van der Waals surface area contributed by atoms with Gasteiger partial charge in [-0.25, -0.2) is 9.36 Å². The van der Waals surface area contributed by atoms with E-state index < -0.39 is 42.5 Å². The second-order valence-electron chi connectivity index (χ2n) is 4.50. The summed E-state index contributed by atoms with van der Waals surface area (Å²) in [7, 11) is 0. The summed E-state index contributed by atoms with van der Waals surface area (Å²) in [6.07, 6.45) is -3.52. The highest BCUT2D eigenvalue weighted by Gasteiger charge is 2.59. The first-order valence-corrected chi connectivity index (χ1v) is 6.02. The number of hydrogen-bond acceptors (Lipinski definition) is 9. The molecule has 0 unspecified atom stereocenters. The molecule has 1 aliphatic rings. The topological polar surface area (TPSA) is 157 Å². The Morgan fingerprint density at radius 1 is 1.62 bits per heavy atom. The van der Waals surface area contributed by atoms with Crippen LogP contribution in [-0.4, -0.2) is 55.8 Å². The van der Waals surface area contributed by atoms with Crippen molar-refractivity contribution in [1.82, 2.24) is 9.55 Å². The van der Waals surface area contributed by atoms with Crippen molar-refractivity contribution >= 4 is 11.8 Å². The number of rotatable bonds is 3. The number of aliphatic hydroxyl groups excluding tert-OH is 3. The van der Waals surface area contributed by atoms with Gasteiger partial charge in [-0.1, -0.05) is 0 Å². The Bertz CT molecular complexity index is 604. The number of anilines is 1. The highest BCUT2D eigenvalue weighted by atomic mass is 16.8. The van der Waals surface area contributed by atoms with Crippen LogP contribution in [-0.2, 0) is 20.2 Å². The summed E-state index contributed by atoms with van der Waals surface area (Å²) >= 11 is 0. The van der Waals surface area contributed by atoms with E-state index in [4.69, 9.17) is 20.3 Å². The van der Waals surface area contributed by atoms with Gasteiger partial charge in [-0.2, -0.15) is 4.98 Å². The first kappa shape index (κ1) is 15.4. The molecule has 5 N–H and O–H groups in total. The van der Waals surface area contributed by atoms with Gasteiger partial charge in [0.2, 0.25) is 0 Å². The van der Waals surface area contributed by atoms with E-state index in [1.807, 2.05) is 0 Å². The van der Waals surface area contributed by atoms with Crippen molar-refractivity contribution in [2.45, 2.75) is 31.1 Å². The minimum Gasteiger partial charge on any atom is -0.411 e. The molecule has 1 aromatic rings. The average molecular weight is 301 g/mol. The summed E-state index contributed by atoms with van der Waals surface area (Å²) in [5.41, 5.74) is 4.40. The van der Waals surface area contributed by atoms with Crippen molar-refractivity contribution in [2.75, 3.05) is 12.3 Å². The van der Waals surface area contributed by atoms with Crippen LogP contribution in [0.3, 0.4) is 0 Å². The third kappa shape index (κ3) is 2.49. The van der Waals surface area contributed by atoms with Crippen LogP contribution in [0.4, 0.5) is 5.82 Å². The summed E-state index contributed by atoms with van der Waals surface area (Å²) in [6, 6.07) is 1.22. The molecule has 0 amide bonds. The number of carbonyl (C=O) groups excluding carboxylic acids is 1. The Balaban J connectivity index is 2.58. The second-order valence-corrected chi connectivity index (χ2v) is 4.50. The second kappa shape index (κ2) is 5.41. The first-order chi connectivity index (χ1) is 9.81. The van der Waals surface area contributed by atoms with Gasteiger partial charge in [-0.3, -0.25) is 4.79 Å². The van der Waals surface area contributed by atoms with E-state index in [1.165, 1.54) is 6.07 Å². The SMILES string of the molecule is CC(=O)O[C@@]1(n2ccc(N)nc2=O)O[C@H](CO)[C@@H](O)[C@H]1O. The number of hydrogen-bond donors (Lipinski definition) is 4. The van der Waals surface area contributed by atoms with Gasteiger partial charge < -0.3 is 30.5 Å². The number of nitrogens with two attached hydrogens (primary N) is 1. The summed E-state index contributed by atoms with van der Waals surface area (Å²) in [4.78, 5) is 26.6. The van der Waals surface area contributed by atoms with E-state index >= 15 is 0 Å². The van der Waals surface area contributed by atoms with Crippen LogP contribution in [0.2, 0.25) is 0 Å². The van der Waals surface area contributed by atoms with Gasteiger partial charge in [0, 0.05) is 13.1 Å². The van der Waals surface area contributed by atoms with Crippen LogP contribution in [0, 0.1) is 0 Å². The van der Waals surface area contributed by atoms with Crippen molar-refractivity contribution in [3.63, 3.8) is 0 Å². The molecule has 2 rings (SSSR count). The lowest BCUT2D eigenvalue weighted by Gasteiger charge is -2.31. The largest absolute Gasteiger partial charge is 0.411 e. The molecule has 1 aromatic heterocycles. The van der Waals surface area contributed by atoms with Crippen LogP contribution in [0.15, 0.2) is 17.1 Å². The molecule has 4 atom stereocenters. The minimum atomic E-state index is -2.32. The predicted octanol–water partition coefficient (Wildman–Crippen LogP) is -2.89. The lowest BCUT2D eigenvalue weighted by atomic mass is 10.1. The van der Waals surface area contributed by atoms with Gasteiger partial charge in [-0.05, 0) is 6.07 Å². The lowest BCUT2D eigenvalue weighted by Crippen LogP contribution is -2.53. The summed E-state index contributed by atoms with van der Waals surface area (Å²) < 4.78 is 10.8. The number of aromatic nitrogens is 2. The number of nitrogens with zero attached hydrogens (tertiary/aromatic N) is 2. The van der Waals surface area contributed by atoms with Gasteiger partial charge in [0.15, 0.2) is 6.10 Å². The van der Waals surface area contributed by atoms with Gasteiger partial charge in [0.1, 0.15) is 18.0 Å². The van der Waals surface area contributed by atoms with E-state index in [0.717, 1.165) is 13.1 Å². The highest BCUT2D eigenvalue weighted by molar-refractivity contribution is 5.66. The van der Waals surface area contributed by atoms with Crippen molar-refractivity contribution in [3.8, 4) is 0 Å². The molecule has 0 saturated carbocycles. The quantitative estimate of drug-likeness (QED) is 0.430. The van der Waals surface area contributed by atoms with Crippen LogP contribution in [0.5, 0.6) is 0 Å². The Kier molecular flexibility index (Phi) is 3.96. The maximum Gasteiger partial charge on any atom is 0.354 e. The standard InChI is InChI=1S/C11H15N3O7/c1-5(16)20-11(9(18)8(17)6(4-15)21-11)14-3-2-7(12)13-10(14)19/h2-3,6,8-9,15,17-18H,4H2,1H3,(H2,12,13,19)/t6-,8-,9-,11-/m1/s1. The molecule has 1 aliphatic heterocycles. The van der Waals surface area contributed by atoms with Crippen molar-refractivity contribution < 1.29 is 29.6 Å². The van der Waals surface area contributed by atoms with Crippen LogP contribution in [0.25, 0.3) is 0 Å². The molecule has 0 spiro atoms. The van der Waals surface area contributed by atoms with Crippen LogP contribution >= 0.6 is 0 Å². The number of esters is 1. The molecule has 116 valence electrons.